The van der Waals surface area contributed by atoms with E-state index in [-0.39, 0.29) is 16.9 Å². The third kappa shape index (κ3) is 5.42. The van der Waals surface area contributed by atoms with Gasteiger partial charge in [0.2, 0.25) is 0 Å². The van der Waals surface area contributed by atoms with Gasteiger partial charge in [-0.25, -0.2) is 18.4 Å². The van der Waals surface area contributed by atoms with Crippen molar-refractivity contribution in [2.75, 3.05) is 7.11 Å². The SMILES string of the molecule is C=C(C)C(=O)OC(C)c1ccc(C(=O)Oc2ccc3cc(-c4ccc(OC)cc4C)ccc3c2)c(F)c1F. The molecule has 0 radical (unpaired) electrons. The molecule has 0 fully saturated rings. The van der Waals surface area contributed by atoms with Gasteiger partial charge in [-0.05, 0) is 84.6 Å². The first-order valence-corrected chi connectivity index (χ1v) is 11.8. The first-order valence-electron chi connectivity index (χ1n) is 11.8. The Morgan fingerprint density at radius 2 is 1.55 bits per heavy atom. The zero-order valence-electron chi connectivity index (χ0n) is 21.4. The van der Waals surface area contributed by atoms with Crippen molar-refractivity contribution in [3.63, 3.8) is 0 Å². The van der Waals surface area contributed by atoms with Crippen molar-refractivity contribution in [2.24, 2.45) is 0 Å². The van der Waals surface area contributed by atoms with Crippen LogP contribution in [0, 0.1) is 18.6 Å². The van der Waals surface area contributed by atoms with Crippen LogP contribution >= 0.6 is 0 Å². The van der Waals surface area contributed by atoms with Gasteiger partial charge in [-0.1, -0.05) is 36.9 Å². The minimum absolute atomic E-state index is 0.125. The van der Waals surface area contributed by atoms with Gasteiger partial charge < -0.3 is 14.2 Å². The lowest BCUT2D eigenvalue weighted by atomic mass is 9.97. The molecule has 0 aromatic heterocycles. The van der Waals surface area contributed by atoms with E-state index in [1.807, 2.05) is 43.3 Å². The molecule has 0 amide bonds. The summed E-state index contributed by atoms with van der Waals surface area (Å²) in [5, 5.41) is 1.72. The van der Waals surface area contributed by atoms with E-state index in [1.165, 1.54) is 19.9 Å². The Bertz CT molecular complexity index is 1570. The molecule has 38 heavy (non-hydrogen) atoms. The van der Waals surface area contributed by atoms with Crippen LogP contribution in [0.2, 0.25) is 0 Å². The van der Waals surface area contributed by atoms with E-state index in [2.05, 4.69) is 6.58 Å². The topological polar surface area (TPSA) is 61.8 Å². The molecule has 1 unspecified atom stereocenters. The number of esters is 2. The summed E-state index contributed by atoms with van der Waals surface area (Å²) in [6.45, 7) is 8.30. The van der Waals surface area contributed by atoms with Gasteiger partial charge in [-0.2, -0.15) is 0 Å². The minimum Gasteiger partial charge on any atom is -0.497 e. The van der Waals surface area contributed by atoms with Gasteiger partial charge in [0.05, 0.1) is 12.7 Å². The van der Waals surface area contributed by atoms with E-state index in [4.69, 9.17) is 14.2 Å². The van der Waals surface area contributed by atoms with E-state index in [9.17, 15) is 18.4 Å². The zero-order valence-corrected chi connectivity index (χ0v) is 21.4. The zero-order chi connectivity index (χ0) is 27.6. The number of ether oxygens (including phenoxy) is 3. The Hall–Kier alpha value is -4.52. The maximum atomic E-state index is 14.8. The van der Waals surface area contributed by atoms with E-state index in [1.54, 1.807) is 25.3 Å². The Labute approximate surface area is 219 Å². The van der Waals surface area contributed by atoms with Crippen LogP contribution in [0.25, 0.3) is 21.9 Å². The molecular formula is C31H26F2O5. The van der Waals surface area contributed by atoms with Gasteiger partial charge >= 0.3 is 11.9 Å². The van der Waals surface area contributed by atoms with E-state index in [0.29, 0.717) is 0 Å². The molecule has 5 nitrogen and oxygen atoms in total. The fraction of sp³-hybridized carbons (Fsp3) is 0.161. The molecule has 7 heteroatoms. The maximum absolute atomic E-state index is 14.8. The second-order valence-corrected chi connectivity index (χ2v) is 8.95. The van der Waals surface area contributed by atoms with E-state index < -0.39 is 35.2 Å². The molecule has 1 atom stereocenters. The Morgan fingerprint density at radius 3 is 2.24 bits per heavy atom. The number of methoxy groups -OCH3 is 1. The van der Waals surface area contributed by atoms with Crippen LogP contribution in [0.5, 0.6) is 11.5 Å². The lowest BCUT2D eigenvalue weighted by Gasteiger charge is -2.15. The highest BCUT2D eigenvalue weighted by Crippen LogP contribution is 2.31. The summed E-state index contributed by atoms with van der Waals surface area (Å²) < 4.78 is 45.2. The van der Waals surface area contributed by atoms with Crippen LogP contribution in [0.1, 0.15) is 41.4 Å². The van der Waals surface area contributed by atoms with Gasteiger partial charge in [-0.3, -0.25) is 0 Å². The highest BCUT2D eigenvalue weighted by Gasteiger charge is 2.24. The van der Waals surface area contributed by atoms with E-state index >= 15 is 0 Å². The number of carbonyl (C=O) groups is 2. The third-order valence-electron chi connectivity index (χ3n) is 6.17. The lowest BCUT2D eigenvalue weighted by Crippen LogP contribution is -2.15. The smallest absolute Gasteiger partial charge is 0.346 e. The summed E-state index contributed by atoms with van der Waals surface area (Å²) in [4.78, 5) is 24.4. The van der Waals surface area contributed by atoms with Crippen LogP contribution in [0.3, 0.4) is 0 Å². The Kier molecular flexibility index (Phi) is 7.57. The average Bonchev–Trinajstić information content (AvgIpc) is 2.89. The van der Waals surface area contributed by atoms with Crippen LogP contribution in [-0.2, 0) is 9.53 Å². The number of hydrogen-bond acceptors (Lipinski definition) is 5. The number of hydrogen-bond donors (Lipinski definition) is 0. The molecule has 4 aromatic carbocycles. The molecule has 0 aliphatic carbocycles. The van der Waals surface area contributed by atoms with Gasteiger partial charge in [0.15, 0.2) is 11.6 Å². The second kappa shape index (κ2) is 10.8. The van der Waals surface area contributed by atoms with Crippen molar-refractivity contribution in [2.45, 2.75) is 26.9 Å². The van der Waals surface area contributed by atoms with Crippen molar-refractivity contribution in [3.05, 3.63) is 107 Å². The molecule has 0 aliphatic rings. The Balaban J connectivity index is 1.54. The van der Waals surface area contributed by atoms with Gasteiger partial charge in [0.1, 0.15) is 17.6 Å². The van der Waals surface area contributed by atoms with Crippen LogP contribution in [-0.4, -0.2) is 19.0 Å². The van der Waals surface area contributed by atoms with Gasteiger partial charge in [0, 0.05) is 11.1 Å². The molecule has 4 aromatic rings. The molecule has 194 valence electrons. The lowest BCUT2D eigenvalue weighted by molar-refractivity contribution is -0.143. The number of carbonyl (C=O) groups excluding carboxylic acids is 2. The predicted octanol–water partition coefficient (Wildman–Crippen LogP) is 7.50. The maximum Gasteiger partial charge on any atom is 0.346 e. The standard InChI is InChI=1S/C31H26F2O5/c1-17(2)30(34)37-19(4)26-12-13-27(29(33)28(26)32)31(35)38-24-9-8-20-15-22(7-6-21(20)16-24)25-11-10-23(36-5)14-18(25)3/h6-16,19H,1H2,2-5H3. The highest BCUT2D eigenvalue weighted by atomic mass is 19.2. The number of benzene rings is 4. The van der Waals surface area contributed by atoms with Crippen LogP contribution < -0.4 is 9.47 Å². The number of aryl methyl sites for hydroxylation is 1. The number of rotatable bonds is 7. The quantitative estimate of drug-likeness (QED) is 0.145. The van der Waals surface area contributed by atoms with Crippen LogP contribution in [0.4, 0.5) is 8.78 Å². The van der Waals surface area contributed by atoms with Crippen molar-refractivity contribution >= 4 is 22.7 Å². The van der Waals surface area contributed by atoms with E-state index in [0.717, 1.165) is 39.3 Å². The summed E-state index contributed by atoms with van der Waals surface area (Å²) in [7, 11) is 1.62. The molecular weight excluding hydrogens is 490 g/mol. The van der Waals surface area contributed by atoms with Crippen molar-refractivity contribution in [1.82, 2.24) is 0 Å². The minimum atomic E-state index is -1.38. The predicted molar refractivity (Wildman–Crippen MR) is 141 cm³/mol. The number of halogens is 2. The summed E-state index contributed by atoms with van der Waals surface area (Å²) in [6.07, 6.45) is -1.08. The molecule has 0 saturated carbocycles. The summed E-state index contributed by atoms with van der Waals surface area (Å²) in [5.41, 5.74) is 2.49. The largest absolute Gasteiger partial charge is 0.497 e. The molecule has 0 bridgehead atoms. The van der Waals surface area contributed by atoms with Gasteiger partial charge in [-0.15, -0.1) is 0 Å². The van der Waals surface area contributed by atoms with Gasteiger partial charge in [0.25, 0.3) is 0 Å². The monoisotopic (exact) mass is 516 g/mol. The first kappa shape index (κ1) is 26.5. The molecule has 0 saturated heterocycles. The normalized spacial score (nSPS) is 11.6. The number of fused-ring (bicyclic) bond motifs is 1. The summed E-state index contributed by atoms with van der Waals surface area (Å²) in [6, 6.07) is 19.1. The fourth-order valence-corrected chi connectivity index (χ4v) is 4.06. The van der Waals surface area contributed by atoms with Crippen LogP contribution in [0.15, 0.2) is 78.9 Å². The Morgan fingerprint density at radius 1 is 0.868 bits per heavy atom. The van der Waals surface area contributed by atoms with Crippen molar-refractivity contribution in [1.29, 1.82) is 0 Å². The molecule has 0 spiro atoms. The van der Waals surface area contributed by atoms with Crippen molar-refractivity contribution in [3.8, 4) is 22.6 Å². The molecule has 0 aliphatic heterocycles. The summed E-state index contributed by atoms with van der Waals surface area (Å²) >= 11 is 0. The average molecular weight is 517 g/mol. The summed E-state index contributed by atoms with van der Waals surface area (Å²) in [5.74, 6) is -3.49. The molecule has 0 heterocycles. The first-order chi connectivity index (χ1) is 18.1. The highest BCUT2D eigenvalue weighted by molar-refractivity contribution is 5.93. The molecule has 0 N–H and O–H groups in total. The second-order valence-electron chi connectivity index (χ2n) is 8.95. The molecule has 4 rings (SSSR count). The fourth-order valence-electron chi connectivity index (χ4n) is 4.06. The third-order valence-corrected chi connectivity index (χ3v) is 6.17. The van der Waals surface area contributed by atoms with Crippen molar-refractivity contribution < 1.29 is 32.6 Å².